The van der Waals surface area contributed by atoms with E-state index in [0.717, 1.165) is 38.8 Å². The molecule has 6 heteroatoms. The Hall–Kier alpha value is -0.240. The van der Waals surface area contributed by atoms with Gasteiger partial charge in [0.2, 0.25) is 0 Å². The number of hydrogen-bond donors (Lipinski definition) is 5. The van der Waals surface area contributed by atoms with Crippen LogP contribution >= 0.6 is 0 Å². The molecule has 0 aromatic heterocycles. The Morgan fingerprint density at radius 1 is 0.667 bits per heavy atom. The van der Waals surface area contributed by atoms with Gasteiger partial charge in [0.25, 0.3) is 0 Å². The zero-order valence-electron chi connectivity index (χ0n) is 15.5. The molecule has 0 unspecified atom stereocenters. The molecule has 0 radical (unpaired) electrons. The molecule has 146 valence electrons. The van der Waals surface area contributed by atoms with Crippen LogP contribution in [0.5, 0.6) is 0 Å². The third kappa shape index (κ3) is 10.6. The van der Waals surface area contributed by atoms with E-state index in [2.05, 4.69) is 18.7 Å². The van der Waals surface area contributed by atoms with Crippen LogP contribution in [0.3, 0.4) is 0 Å². The fraction of sp³-hybridized carbons (Fsp3) is 1.00. The molecule has 0 aromatic carbocycles. The van der Waals surface area contributed by atoms with Crippen LogP contribution < -0.4 is 0 Å². The van der Waals surface area contributed by atoms with Gasteiger partial charge in [0, 0.05) is 6.54 Å². The quantitative estimate of drug-likeness (QED) is 0.265. The average Bonchev–Trinajstić information content (AvgIpc) is 2.59. The number of nitrogens with zero attached hydrogens (tertiary/aromatic N) is 1. The first-order valence-corrected chi connectivity index (χ1v) is 9.53. The summed E-state index contributed by atoms with van der Waals surface area (Å²) in [6.07, 6.45) is 3.49. The van der Waals surface area contributed by atoms with Crippen molar-refractivity contribution < 1.29 is 25.5 Å². The van der Waals surface area contributed by atoms with Gasteiger partial charge >= 0.3 is 0 Å². The van der Waals surface area contributed by atoms with Gasteiger partial charge in [-0.2, -0.15) is 0 Å². The molecule has 0 aliphatic rings. The first-order chi connectivity index (χ1) is 11.5. The smallest absolute Gasteiger partial charge is 0.111 e. The zero-order valence-corrected chi connectivity index (χ0v) is 15.5. The van der Waals surface area contributed by atoms with Crippen molar-refractivity contribution in [1.29, 1.82) is 0 Å². The van der Waals surface area contributed by atoms with Gasteiger partial charge in [-0.05, 0) is 25.9 Å². The van der Waals surface area contributed by atoms with Crippen LogP contribution in [0.25, 0.3) is 0 Å². The summed E-state index contributed by atoms with van der Waals surface area (Å²) < 4.78 is 0. The molecule has 24 heavy (non-hydrogen) atoms. The summed E-state index contributed by atoms with van der Waals surface area (Å²) >= 11 is 0. The Morgan fingerprint density at radius 2 is 1.12 bits per heavy atom. The van der Waals surface area contributed by atoms with Gasteiger partial charge in [-0.3, -0.25) is 0 Å². The summed E-state index contributed by atoms with van der Waals surface area (Å²) in [6, 6.07) is 0. The predicted molar refractivity (Wildman–Crippen MR) is 95.8 cm³/mol. The van der Waals surface area contributed by atoms with E-state index >= 15 is 0 Å². The minimum Gasteiger partial charge on any atom is -0.394 e. The topological polar surface area (TPSA) is 104 Å². The normalized spacial score (nSPS) is 17.0. The molecule has 0 spiro atoms. The fourth-order valence-electron chi connectivity index (χ4n) is 2.75. The molecule has 0 aromatic rings. The van der Waals surface area contributed by atoms with Gasteiger partial charge in [0.1, 0.15) is 18.3 Å². The van der Waals surface area contributed by atoms with Crippen molar-refractivity contribution >= 4 is 0 Å². The Bertz CT molecular complexity index is 268. The molecular formula is C18H39NO5. The molecule has 6 nitrogen and oxygen atoms in total. The van der Waals surface area contributed by atoms with Crippen molar-refractivity contribution in [3.8, 4) is 0 Å². The van der Waals surface area contributed by atoms with Crippen molar-refractivity contribution in [1.82, 2.24) is 4.90 Å². The Morgan fingerprint density at radius 3 is 1.54 bits per heavy atom. The van der Waals surface area contributed by atoms with E-state index in [1.54, 1.807) is 0 Å². The molecule has 0 saturated heterocycles. The number of unbranched alkanes of at least 4 members (excludes halogenated alkanes) is 6. The molecule has 0 fully saturated rings. The van der Waals surface area contributed by atoms with Crippen LogP contribution in [0.1, 0.15) is 65.2 Å². The van der Waals surface area contributed by atoms with Gasteiger partial charge in [-0.1, -0.05) is 52.4 Å². The standard InChI is InChI=1S/C18H39NO5/c1-3-5-7-9-11-19(12-10-8-6-4-2)13-15(21)17(23)18(24)16(22)14-20/h15-18,20-24H,3-14H2,1-2H3/t15-,16+,17+,18+/m0/s1. The summed E-state index contributed by atoms with van der Waals surface area (Å²) in [6.45, 7) is 5.65. The predicted octanol–water partition coefficient (Wildman–Crippen LogP) is 0.885. The highest BCUT2D eigenvalue weighted by atomic mass is 16.4. The fourth-order valence-corrected chi connectivity index (χ4v) is 2.75. The van der Waals surface area contributed by atoms with E-state index in [0.29, 0.717) is 0 Å². The molecule has 0 bridgehead atoms. The maximum absolute atomic E-state index is 10.2. The van der Waals surface area contributed by atoms with E-state index in [4.69, 9.17) is 5.11 Å². The molecule has 0 heterocycles. The Balaban J connectivity index is 4.41. The van der Waals surface area contributed by atoms with E-state index in [1.165, 1.54) is 25.7 Å². The first kappa shape index (κ1) is 23.8. The van der Waals surface area contributed by atoms with Crippen molar-refractivity contribution in [2.45, 2.75) is 89.6 Å². The minimum atomic E-state index is -1.55. The van der Waals surface area contributed by atoms with Crippen molar-refractivity contribution in [3.63, 3.8) is 0 Å². The van der Waals surface area contributed by atoms with Gasteiger partial charge < -0.3 is 30.4 Å². The molecule has 0 saturated carbocycles. The molecular weight excluding hydrogens is 310 g/mol. The van der Waals surface area contributed by atoms with Crippen LogP contribution in [0, 0.1) is 0 Å². The lowest BCUT2D eigenvalue weighted by Crippen LogP contribution is -2.50. The van der Waals surface area contributed by atoms with Crippen molar-refractivity contribution in [2.75, 3.05) is 26.2 Å². The third-order valence-electron chi connectivity index (χ3n) is 4.43. The summed E-state index contributed by atoms with van der Waals surface area (Å²) in [5, 5.41) is 48.1. The highest BCUT2D eigenvalue weighted by Crippen LogP contribution is 2.10. The van der Waals surface area contributed by atoms with Crippen LogP contribution in [-0.2, 0) is 0 Å². The van der Waals surface area contributed by atoms with Gasteiger partial charge in [-0.25, -0.2) is 0 Å². The second-order valence-corrected chi connectivity index (χ2v) is 6.72. The second-order valence-electron chi connectivity index (χ2n) is 6.72. The summed E-state index contributed by atoms with van der Waals surface area (Å²) in [5.41, 5.74) is 0. The number of hydrogen-bond acceptors (Lipinski definition) is 6. The molecule has 0 aliphatic carbocycles. The molecule has 5 N–H and O–H groups in total. The monoisotopic (exact) mass is 349 g/mol. The summed E-state index contributed by atoms with van der Waals surface area (Å²) in [5.74, 6) is 0. The number of rotatable bonds is 16. The zero-order chi connectivity index (χ0) is 18.4. The summed E-state index contributed by atoms with van der Waals surface area (Å²) in [7, 11) is 0. The second kappa shape index (κ2) is 15.0. The SMILES string of the molecule is CCCCCCN(CCCCCC)C[C@H](O)[C@@H](O)[C@H](O)[C@H](O)CO. The highest BCUT2D eigenvalue weighted by Gasteiger charge is 2.30. The maximum atomic E-state index is 10.2. The molecule has 4 atom stereocenters. The molecule has 0 aliphatic heterocycles. The van der Waals surface area contributed by atoms with Crippen molar-refractivity contribution in [2.24, 2.45) is 0 Å². The lowest BCUT2D eigenvalue weighted by molar-refractivity contribution is -0.119. The third-order valence-corrected chi connectivity index (χ3v) is 4.43. The minimum absolute atomic E-state index is 0.259. The number of aliphatic hydroxyl groups is 5. The maximum Gasteiger partial charge on any atom is 0.111 e. The van der Waals surface area contributed by atoms with Gasteiger partial charge in [0.15, 0.2) is 0 Å². The van der Waals surface area contributed by atoms with E-state index in [1.807, 2.05) is 0 Å². The van der Waals surface area contributed by atoms with E-state index < -0.39 is 31.0 Å². The van der Waals surface area contributed by atoms with Crippen LogP contribution in [-0.4, -0.2) is 81.1 Å². The number of aliphatic hydroxyl groups excluding tert-OH is 5. The Labute approximate surface area is 147 Å². The van der Waals surface area contributed by atoms with Crippen molar-refractivity contribution in [3.05, 3.63) is 0 Å². The average molecular weight is 350 g/mol. The molecule has 0 rings (SSSR count). The molecule has 0 amide bonds. The van der Waals surface area contributed by atoms with Gasteiger partial charge in [-0.15, -0.1) is 0 Å². The highest BCUT2D eigenvalue weighted by molar-refractivity contribution is 4.82. The van der Waals surface area contributed by atoms with Crippen LogP contribution in [0.4, 0.5) is 0 Å². The van der Waals surface area contributed by atoms with Crippen LogP contribution in [0.2, 0.25) is 0 Å². The lowest BCUT2D eigenvalue weighted by Gasteiger charge is -2.30. The largest absolute Gasteiger partial charge is 0.394 e. The van der Waals surface area contributed by atoms with Crippen LogP contribution in [0.15, 0.2) is 0 Å². The first-order valence-electron chi connectivity index (χ1n) is 9.53. The van der Waals surface area contributed by atoms with E-state index in [-0.39, 0.29) is 6.54 Å². The lowest BCUT2D eigenvalue weighted by atomic mass is 10.0. The van der Waals surface area contributed by atoms with E-state index in [9.17, 15) is 20.4 Å². The summed E-state index contributed by atoms with van der Waals surface area (Å²) in [4.78, 5) is 2.12. The van der Waals surface area contributed by atoms with Gasteiger partial charge in [0.05, 0.1) is 12.7 Å². The Kier molecular flexibility index (Phi) is 14.9.